The standard InChI is InChI=1S/C11H8BrNO/c12-6-1-2-7-8-3-4-10(14)11(8)13-9(7)5-6/h1-2,5,13H,3-4H2. The van der Waals surface area contributed by atoms with E-state index in [9.17, 15) is 4.79 Å². The molecule has 3 rings (SSSR count). The van der Waals surface area contributed by atoms with Gasteiger partial charge in [0.25, 0.3) is 0 Å². The van der Waals surface area contributed by atoms with E-state index in [2.05, 4.69) is 27.0 Å². The molecule has 0 aliphatic heterocycles. The number of aryl methyl sites for hydroxylation is 1. The van der Waals surface area contributed by atoms with E-state index >= 15 is 0 Å². The number of aromatic amines is 1. The van der Waals surface area contributed by atoms with Crippen LogP contribution in [0.15, 0.2) is 22.7 Å². The summed E-state index contributed by atoms with van der Waals surface area (Å²) in [5.74, 6) is 0.243. The molecule has 0 radical (unpaired) electrons. The van der Waals surface area contributed by atoms with Crippen LogP contribution in [0, 0.1) is 0 Å². The Bertz CT molecular complexity index is 541. The van der Waals surface area contributed by atoms with Crippen molar-refractivity contribution in [3.8, 4) is 0 Å². The maximum absolute atomic E-state index is 11.5. The van der Waals surface area contributed by atoms with Crippen LogP contribution in [0.5, 0.6) is 0 Å². The third-order valence-electron chi connectivity index (χ3n) is 2.75. The molecular weight excluding hydrogens is 242 g/mol. The second-order valence-electron chi connectivity index (χ2n) is 3.59. The molecule has 14 heavy (non-hydrogen) atoms. The van der Waals surface area contributed by atoms with Crippen molar-refractivity contribution in [3.63, 3.8) is 0 Å². The second kappa shape index (κ2) is 2.70. The summed E-state index contributed by atoms with van der Waals surface area (Å²) in [4.78, 5) is 14.7. The van der Waals surface area contributed by atoms with E-state index in [1.807, 2.05) is 12.1 Å². The van der Waals surface area contributed by atoms with Gasteiger partial charge in [-0.3, -0.25) is 4.79 Å². The zero-order valence-corrected chi connectivity index (χ0v) is 9.02. The van der Waals surface area contributed by atoms with Gasteiger partial charge in [-0.15, -0.1) is 0 Å². The van der Waals surface area contributed by atoms with Gasteiger partial charge < -0.3 is 4.98 Å². The summed E-state index contributed by atoms with van der Waals surface area (Å²) >= 11 is 3.42. The van der Waals surface area contributed by atoms with E-state index in [4.69, 9.17) is 0 Å². The molecule has 0 amide bonds. The molecule has 0 fully saturated rings. The van der Waals surface area contributed by atoms with Gasteiger partial charge >= 0.3 is 0 Å². The molecule has 1 aliphatic rings. The van der Waals surface area contributed by atoms with E-state index in [0.29, 0.717) is 6.42 Å². The lowest BCUT2D eigenvalue weighted by atomic mass is 10.1. The highest BCUT2D eigenvalue weighted by molar-refractivity contribution is 9.10. The summed E-state index contributed by atoms with van der Waals surface area (Å²) in [5, 5.41) is 1.19. The molecule has 1 aromatic carbocycles. The predicted molar refractivity (Wildman–Crippen MR) is 58.7 cm³/mol. The Balaban J connectivity index is 2.40. The number of hydrogen-bond acceptors (Lipinski definition) is 1. The number of carbonyl (C=O) groups excluding carboxylic acids is 1. The van der Waals surface area contributed by atoms with Crippen LogP contribution in [0.3, 0.4) is 0 Å². The first kappa shape index (κ1) is 8.24. The minimum absolute atomic E-state index is 0.243. The third kappa shape index (κ3) is 0.989. The molecule has 1 aliphatic carbocycles. The van der Waals surface area contributed by atoms with E-state index < -0.39 is 0 Å². The fourth-order valence-corrected chi connectivity index (χ4v) is 2.45. The normalized spacial score (nSPS) is 15.1. The van der Waals surface area contributed by atoms with Gasteiger partial charge in [-0.05, 0) is 24.1 Å². The lowest BCUT2D eigenvalue weighted by molar-refractivity contribution is 0.0991. The average Bonchev–Trinajstić information content (AvgIpc) is 2.66. The molecule has 0 unspecified atom stereocenters. The van der Waals surface area contributed by atoms with Gasteiger partial charge in [0.2, 0.25) is 0 Å². The van der Waals surface area contributed by atoms with Gasteiger partial charge in [0.1, 0.15) is 0 Å². The number of H-pyrrole nitrogens is 1. The molecule has 0 saturated heterocycles. The van der Waals surface area contributed by atoms with Gasteiger partial charge in [0.15, 0.2) is 5.78 Å². The summed E-state index contributed by atoms with van der Waals surface area (Å²) in [6.07, 6.45) is 1.54. The van der Waals surface area contributed by atoms with E-state index in [1.165, 1.54) is 10.9 Å². The van der Waals surface area contributed by atoms with Gasteiger partial charge in [-0.2, -0.15) is 0 Å². The summed E-state index contributed by atoms with van der Waals surface area (Å²) in [7, 11) is 0. The van der Waals surface area contributed by atoms with Crippen LogP contribution in [-0.2, 0) is 6.42 Å². The smallest absolute Gasteiger partial charge is 0.179 e. The van der Waals surface area contributed by atoms with Crippen LogP contribution in [0.2, 0.25) is 0 Å². The van der Waals surface area contributed by atoms with Crippen molar-refractivity contribution in [2.45, 2.75) is 12.8 Å². The molecule has 0 spiro atoms. The van der Waals surface area contributed by atoms with Crippen molar-refractivity contribution in [3.05, 3.63) is 33.9 Å². The van der Waals surface area contributed by atoms with Crippen LogP contribution in [0.25, 0.3) is 10.9 Å². The molecule has 0 bridgehead atoms. The number of aromatic nitrogens is 1. The highest BCUT2D eigenvalue weighted by Gasteiger charge is 2.23. The van der Waals surface area contributed by atoms with Crippen molar-refractivity contribution >= 4 is 32.6 Å². The first-order chi connectivity index (χ1) is 6.75. The molecule has 1 aromatic heterocycles. The number of nitrogens with one attached hydrogen (secondary N) is 1. The van der Waals surface area contributed by atoms with Crippen molar-refractivity contribution in [2.75, 3.05) is 0 Å². The Kier molecular flexibility index (Phi) is 1.59. The van der Waals surface area contributed by atoms with Crippen LogP contribution in [0.4, 0.5) is 0 Å². The minimum atomic E-state index is 0.243. The fourth-order valence-electron chi connectivity index (χ4n) is 2.09. The zero-order chi connectivity index (χ0) is 9.71. The highest BCUT2D eigenvalue weighted by Crippen LogP contribution is 2.31. The van der Waals surface area contributed by atoms with Crippen molar-refractivity contribution in [1.29, 1.82) is 0 Å². The van der Waals surface area contributed by atoms with Crippen molar-refractivity contribution < 1.29 is 4.79 Å². The lowest BCUT2D eigenvalue weighted by Crippen LogP contribution is -1.90. The highest BCUT2D eigenvalue weighted by atomic mass is 79.9. The van der Waals surface area contributed by atoms with Crippen LogP contribution >= 0.6 is 15.9 Å². The largest absolute Gasteiger partial charge is 0.352 e. The number of benzene rings is 1. The summed E-state index contributed by atoms with van der Waals surface area (Å²) in [5.41, 5.74) is 3.06. The molecule has 2 nitrogen and oxygen atoms in total. The number of rotatable bonds is 0. The molecular formula is C11H8BrNO. The van der Waals surface area contributed by atoms with Crippen molar-refractivity contribution in [1.82, 2.24) is 4.98 Å². The molecule has 1 heterocycles. The third-order valence-corrected chi connectivity index (χ3v) is 3.24. The maximum atomic E-state index is 11.5. The minimum Gasteiger partial charge on any atom is -0.352 e. The van der Waals surface area contributed by atoms with Gasteiger partial charge in [0, 0.05) is 21.8 Å². The molecule has 3 heteroatoms. The predicted octanol–water partition coefficient (Wildman–Crippen LogP) is 3.06. The number of hydrogen-bond donors (Lipinski definition) is 1. The topological polar surface area (TPSA) is 32.9 Å². The number of Topliss-reactive ketones (excluding diaryl/α,β-unsaturated/α-hetero) is 1. The summed E-state index contributed by atoms with van der Waals surface area (Å²) in [6.45, 7) is 0. The van der Waals surface area contributed by atoms with Crippen LogP contribution in [0.1, 0.15) is 22.5 Å². The van der Waals surface area contributed by atoms with Gasteiger partial charge in [-0.25, -0.2) is 0 Å². The number of carbonyl (C=O) groups is 1. The Morgan fingerprint density at radius 2 is 2.14 bits per heavy atom. The quantitative estimate of drug-likeness (QED) is 0.765. The number of halogens is 1. The first-order valence-corrected chi connectivity index (χ1v) is 5.38. The van der Waals surface area contributed by atoms with E-state index in [0.717, 1.165) is 22.1 Å². The summed E-state index contributed by atoms with van der Waals surface area (Å²) < 4.78 is 1.04. The fraction of sp³-hybridized carbons (Fsp3) is 0.182. The first-order valence-electron chi connectivity index (χ1n) is 4.59. The van der Waals surface area contributed by atoms with Gasteiger partial charge in [-0.1, -0.05) is 22.0 Å². The van der Waals surface area contributed by atoms with Crippen LogP contribution < -0.4 is 0 Å². The Labute approximate surface area is 89.4 Å². The Morgan fingerprint density at radius 1 is 1.29 bits per heavy atom. The summed E-state index contributed by atoms with van der Waals surface area (Å²) in [6, 6.07) is 6.09. The number of ketones is 1. The van der Waals surface area contributed by atoms with Crippen LogP contribution in [-0.4, -0.2) is 10.8 Å². The lowest BCUT2D eigenvalue weighted by Gasteiger charge is -1.93. The SMILES string of the molecule is O=C1CCc2c1[nH]c1cc(Br)ccc21. The zero-order valence-electron chi connectivity index (χ0n) is 7.43. The second-order valence-corrected chi connectivity index (χ2v) is 4.51. The monoisotopic (exact) mass is 249 g/mol. The molecule has 0 saturated carbocycles. The molecule has 1 N–H and O–H groups in total. The number of fused-ring (bicyclic) bond motifs is 3. The van der Waals surface area contributed by atoms with Crippen molar-refractivity contribution in [2.24, 2.45) is 0 Å². The Morgan fingerprint density at radius 3 is 3.00 bits per heavy atom. The molecule has 2 aromatic rings. The average molecular weight is 250 g/mol. The van der Waals surface area contributed by atoms with E-state index in [1.54, 1.807) is 0 Å². The van der Waals surface area contributed by atoms with E-state index in [-0.39, 0.29) is 5.78 Å². The molecule has 0 atom stereocenters. The van der Waals surface area contributed by atoms with Gasteiger partial charge in [0.05, 0.1) is 5.69 Å². The Hall–Kier alpha value is -1.09. The molecule has 70 valence electrons. The maximum Gasteiger partial charge on any atom is 0.179 e.